The second kappa shape index (κ2) is 8.53. The number of allylic oxidation sites excluding steroid dienone is 1. The second-order valence-corrected chi connectivity index (χ2v) is 6.76. The van der Waals surface area contributed by atoms with Crippen LogP contribution in [0.4, 0.5) is 5.69 Å². The Bertz CT molecular complexity index is 995. The first-order valence-electron chi connectivity index (χ1n) is 9.44. The lowest BCUT2D eigenvalue weighted by Gasteiger charge is -2.18. The van der Waals surface area contributed by atoms with E-state index in [1.165, 1.54) is 11.3 Å². The quantitative estimate of drug-likeness (QED) is 0.659. The maximum Gasteiger partial charge on any atom is 0.120 e. The first kappa shape index (κ1) is 18.0. The zero-order valence-corrected chi connectivity index (χ0v) is 16.0. The van der Waals surface area contributed by atoms with E-state index in [9.17, 15) is 0 Å². The number of benzene rings is 2. The van der Waals surface area contributed by atoms with Crippen molar-refractivity contribution in [2.45, 2.75) is 6.61 Å². The molecule has 1 aliphatic rings. The molecule has 0 saturated carbocycles. The third-order valence-corrected chi connectivity index (χ3v) is 4.73. The summed E-state index contributed by atoms with van der Waals surface area (Å²) in [7, 11) is 2.12. The zero-order chi connectivity index (χ0) is 19.2. The summed E-state index contributed by atoms with van der Waals surface area (Å²) in [4.78, 5) is 11.2. The minimum atomic E-state index is 0.507. The number of benzodiazepines with no additional fused rings is 1. The Morgan fingerprint density at radius 2 is 1.96 bits per heavy atom. The molecule has 2 heterocycles. The van der Waals surface area contributed by atoms with Crippen molar-refractivity contribution in [2.75, 3.05) is 25.0 Å². The molecular weight excluding hydrogens is 346 g/mol. The first-order chi connectivity index (χ1) is 13.8. The van der Waals surface area contributed by atoms with Crippen molar-refractivity contribution in [2.24, 2.45) is 4.99 Å². The summed E-state index contributed by atoms with van der Waals surface area (Å²) in [6, 6.07) is 20.4. The lowest BCUT2D eigenvalue weighted by molar-refractivity contribution is 0.305. The molecule has 0 unspecified atom stereocenters. The molecule has 0 saturated heterocycles. The Morgan fingerprint density at radius 3 is 2.86 bits per heavy atom. The van der Waals surface area contributed by atoms with Crippen LogP contribution in [0.3, 0.4) is 0 Å². The molecule has 4 rings (SSSR count). The number of rotatable bonds is 5. The fraction of sp³-hybridized carbons (Fsp3) is 0.167. The van der Waals surface area contributed by atoms with Gasteiger partial charge in [0.05, 0.1) is 12.3 Å². The molecule has 1 aliphatic heterocycles. The highest BCUT2D eigenvalue weighted by Crippen LogP contribution is 2.23. The molecule has 0 spiro atoms. The summed E-state index contributed by atoms with van der Waals surface area (Å²) in [5, 5.41) is 0. The molecule has 0 N–H and O–H groups in total. The van der Waals surface area contributed by atoms with Crippen molar-refractivity contribution in [3.05, 3.63) is 95.8 Å². The van der Waals surface area contributed by atoms with Gasteiger partial charge in [0.2, 0.25) is 0 Å². The Balaban J connectivity index is 1.50. The number of pyridine rings is 1. The number of anilines is 1. The SMILES string of the molecule is CN1CCN=C(/C=C/c2cccc(OCc3cccnc3)c2)c2ccccc21. The molecule has 0 atom stereocenters. The molecule has 0 amide bonds. The molecule has 2 aromatic carbocycles. The van der Waals surface area contributed by atoms with E-state index in [2.05, 4.69) is 59.4 Å². The maximum absolute atomic E-state index is 5.90. The van der Waals surface area contributed by atoms with Crippen molar-refractivity contribution in [3.63, 3.8) is 0 Å². The number of para-hydroxylation sites is 1. The van der Waals surface area contributed by atoms with E-state index in [0.717, 1.165) is 35.7 Å². The van der Waals surface area contributed by atoms with Crippen LogP contribution in [0.5, 0.6) is 5.75 Å². The lowest BCUT2D eigenvalue weighted by atomic mass is 10.1. The van der Waals surface area contributed by atoms with Crippen molar-refractivity contribution in [3.8, 4) is 5.75 Å². The molecule has 4 heteroatoms. The molecule has 4 nitrogen and oxygen atoms in total. The topological polar surface area (TPSA) is 37.7 Å². The molecule has 1 aromatic heterocycles. The summed E-state index contributed by atoms with van der Waals surface area (Å²) in [5.74, 6) is 0.842. The highest BCUT2D eigenvalue weighted by molar-refractivity contribution is 6.14. The smallest absolute Gasteiger partial charge is 0.120 e. The standard InChI is InChI=1S/C24H23N3O/c1-27-15-14-26-23(22-9-2-3-10-24(22)27)12-11-19-6-4-8-21(16-19)28-18-20-7-5-13-25-17-20/h2-13,16-17H,14-15,18H2,1H3/b12-11+. The fourth-order valence-electron chi connectivity index (χ4n) is 3.22. The van der Waals surface area contributed by atoms with Crippen molar-refractivity contribution in [1.82, 2.24) is 4.98 Å². The number of aliphatic imine (C=N–C) groups is 1. The van der Waals surface area contributed by atoms with E-state index in [0.29, 0.717) is 6.61 Å². The van der Waals surface area contributed by atoms with E-state index < -0.39 is 0 Å². The molecule has 28 heavy (non-hydrogen) atoms. The van der Waals surface area contributed by atoms with Crippen LogP contribution in [0, 0.1) is 0 Å². The minimum Gasteiger partial charge on any atom is -0.489 e. The number of hydrogen-bond donors (Lipinski definition) is 0. The number of ether oxygens (including phenoxy) is 1. The van der Waals surface area contributed by atoms with Crippen LogP contribution in [-0.2, 0) is 6.61 Å². The number of aromatic nitrogens is 1. The van der Waals surface area contributed by atoms with Gasteiger partial charge in [0.15, 0.2) is 0 Å². The Hall–Kier alpha value is -3.40. The zero-order valence-electron chi connectivity index (χ0n) is 16.0. The minimum absolute atomic E-state index is 0.507. The van der Waals surface area contributed by atoms with Crippen molar-refractivity contribution < 1.29 is 4.74 Å². The van der Waals surface area contributed by atoms with Crippen LogP contribution < -0.4 is 9.64 Å². The second-order valence-electron chi connectivity index (χ2n) is 6.76. The molecule has 0 aliphatic carbocycles. The van der Waals surface area contributed by atoms with Crippen LogP contribution in [0.1, 0.15) is 16.7 Å². The predicted octanol–water partition coefficient (Wildman–Crippen LogP) is 4.61. The third kappa shape index (κ3) is 4.29. The highest BCUT2D eigenvalue weighted by atomic mass is 16.5. The van der Waals surface area contributed by atoms with Gasteiger partial charge in [-0.1, -0.05) is 42.5 Å². The van der Waals surface area contributed by atoms with Gasteiger partial charge in [-0.15, -0.1) is 0 Å². The third-order valence-electron chi connectivity index (χ3n) is 4.73. The van der Waals surface area contributed by atoms with E-state index in [1.54, 1.807) is 6.20 Å². The molecule has 0 bridgehead atoms. The van der Waals surface area contributed by atoms with Crippen molar-refractivity contribution in [1.29, 1.82) is 0 Å². The van der Waals surface area contributed by atoms with Crippen LogP contribution in [0.2, 0.25) is 0 Å². The van der Waals surface area contributed by atoms with Crippen LogP contribution in [-0.4, -0.2) is 30.8 Å². The lowest BCUT2D eigenvalue weighted by Crippen LogP contribution is -2.20. The van der Waals surface area contributed by atoms with Gasteiger partial charge >= 0.3 is 0 Å². The molecule has 140 valence electrons. The average Bonchev–Trinajstić information content (AvgIpc) is 2.91. The number of likely N-dealkylation sites (N-methyl/N-ethyl adjacent to an activating group) is 1. The van der Waals surface area contributed by atoms with Gasteiger partial charge in [-0.05, 0) is 35.9 Å². The molecule has 0 fully saturated rings. The van der Waals surface area contributed by atoms with Crippen LogP contribution in [0.15, 0.2) is 84.1 Å². The van der Waals surface area contributed by atoms with Gasteiger partial charge in [-0.3, -0.25) is 9.98 Å². The Kier molecular flexibility index (Phi) is 5.48. The highest BCUT2D eigenvalue weighted by Gasteiger charge is 2.13. The van der Waals surface area contributed by atoms with Gasteiger partial charge in [-0.25, -0.2) is 0 Å². The summed E-state index contributed by atoms with van der Waals surface area (Å²) < 4.78 is 5.90. The fourth-order valence-corrected chi connectivity index (χ4v) is 3.22. The number of fused-ring (bicyclic) bond motifs is 1. The summed E-state index contributed by atoms with van der Waals surface area (Å²) in [6.45, 7) is 2.22. The maximum atomic E-state index is 5.90. The van der Waals surface area contributed by atoms with E-state index in [1.807, 2.05) is 36.5 Å². The van der Waals surface area contributed by atoms with E-state index in [4.69, 9.17) is 9.73 Å². The molecular formula is C24H23N3O. The predicted molar refractivity (Wildman–Crippen MR) is 115 cm³/mol. The summed E-state index contributed by atoms with van der Waals surface area (Å²) in [5.41, 5.74) is 5.54. The van der Waals surface area contributed by atoms with E-state index >= 15 is 0 Å². The van der Waals surface area contributed by atoms with Crippen LogP contribution in [0.25, 0.3) is 6.08 Å². The summed E-state index contributed by atoms with van der Waals surface area (Å²) >= 11 is 0. The van der Waals surface area contributed by atoms with Crippen molar-refractivity contribution >= 4 is 17.5 Å². The molecule has 0 radical (unpaired) electrons. The van der Waals surface area contributed by atoms with Gasteiger partial charge in [0.1, 0.15) is 12.4 Å². The number of hydrogen-bond acceptors (Lipinski definition) is 4. The molecule has 3 aromatic rings. The van der Waals surface area contributed by atoms with Gasteiger partial charge < -0.3 is 9.64 Å². The number of nitrogens with zero attached hydrogens (tertiary/aromatic N) is 3. The Morgan fingerprint density at radius 1 is 1.04 bits per heavy atom. The average molecular weight is 369 g/mol. The summed E-state index contributed by atoms with van der Waals surface area (Å²) in [6.07, 6.45) is 7.78. The monoisotopic (exact) mass is 369 g/mol. The van der Waals surface area contributed by atoms with Gasteiger partial charge in [-0.2, -0.15) is 0 Å². The van der Waals surface area contributed by atoms with Gasteiger partial charge in [0.25, 0.3) is 0 Å². The van der Waals surface area contributed by atoms with E-state index in [-0.39, 0.29) is 0 Å². The van der Waals surface area contributed by atoms with Gasteiger partial charge in [0, 0.05) is 42.8 Å². The van der Waals surface area contributed by atoms with Crippen LogP contribution >= 0.6 is 0 Å². The normalized spacial score (nSPS) is 13.8. The largest absolute Gasteiger partial charge is 0.489 e. The first-order valence-corrected chi connectivity index (χ1v) is 9.44. The Labute approximate surface area is 165 Å².